The fourth-order valence-corrected chi connectivity index (χ4v) is 2.79. The van der Waals surface area contributed by atoms with Gasteiger partial charge in [0.2, 0.25) is 0 Å². The van der Waals surface area contributed by atoms with Crippen molar-refractivity contribution in [1.82, 2.24) is 20.0 Å². The third-order valence-electron chi connectivity index (χ3n) is 3.79. The van der Waals surface area contributed by atoms with Crippen molar-refractivity contribution in [2.24, 2.45) is 0 Å². The first-order valence-corrected chi connectivity index (χ1v) is 8.11. The van der Waals surface area contributed by atoms with Crippen LogP contribution in [-0.2, 0) is 0 Å². The van der Waals surface area contributed by atoms with Crippen LogP contribution in [0.5, 0.6) is 5.88 Å². The largest absolute Gasteiger partial charge is 0.475 e. The van der Waals surface area contributed by atoms with E-state index in [0.717, 1.165) is 40.8 Å². The SMILES string of the molecule is CCCCOc1nnc(C)c2c(C)n(-c3ccccc3Cl)nc12. The Morgan fingerprint density at radius 2 is 1.96 bits per heavy atom. The maximum Gasteiger partial charge on any atom is 0.262 e. The molecule has 6 heteroatoms. The number of benzene rings is 1. The third kappa shape index (κ3) is 2.88. The van der Waals surface area contributed by atoms with Crippen LogP contribution >= 0.6 is 11.6 Å². The summed E-state index contributed by atoms with van der Waals surface area (Å²) in [6.07, 6.45) is 2.04. The van der Waals surface area contributed by atoms with E-state index in [0.29, 0.717) is 17.5 Å². The molecule has 120 valence electrons. The molecule has 0 amide bonds. The Bertz CT molecular complexity index is 844. The summed E-state index contributed by atoms with van der Waals surface area (Å²) in [5, 5.41) is 14.7. The zero-order valence-corrected chi connectivity index (χ0v) is 14.3. The summed E-state index contributed by atoms with van der Waals surface area (Å²) in [5.41, 5.74) is 3.37. The smallest absolute Gasteiger partial charge is 0.262 e. The van der Waals surface area contributed by atoms with Crippen molar-refractivity contribution in [3.8, 4) is 11.6 Å². The lowest BCUT2D eigenvalue weighted by molar-refractivity contribution is 0.297. The Balaban J connectivity index is 2.15. The zero-order valence-electron chi connectivity index (χ0n) is 13.5. The monoisotopic (exact) mass is 330 g/mol. The molecule has 0 fully saturated rings. The minimum absolute atomic E-state index is 0.480. The minimum Gasteiger partial charge on any atom is -0.475 e. The van der Waals surface area contributed by atoms with Crippen molar-refractivity contribution >= 4 is 22.5 Å². The summed E-state index contributed by atoms with van der Waals surface area (Å²) in [4.78, 5) is 0. The lowest BCUT2D eigenvalue weighted by Gasteiger charge is -2.05. The molecule has 0 saturated heterocycles. The minimum atomic E-state index is 0.480. The maximum atomic E-state index is 6.32. The fraction of sp³-hybridized carbons (Fsp3) is 0.353. The van der Waals surface area contributed by atoms with Gasteiger partial charge < -0.3 is 4.74 Å². The Hall–Kier alpha value is -2.14. The van der Waals surface area contributed by atoms with E-state index >= 15 is 0 Å². The number of para-hydroxylation sites is 1. The van der Waals surface area contributed by atoms with Crippen molar-refractivity contribution in [2.75, 3.05) is 6.61 Å². The van der Waals surface area contributed by atoms with Gasteiger partial charge in [-0.3, -0.25) is 0 Å². The average Bonchev–Trinajstić information content (AvgIpc) is 2.89. The number of ether oxygens (including phenoxy) is 1. The van der Waals surface area contributed by atoms with E-state index in [2.05, 4.69) is 22.2 Å². The van der Waals surface area contributed by atoms with Gasteiger partial charge in [0, 0.05) is 0 Å². The highest BCUT2D eigenvalue weighted by Crippen LogP contribution is 2.30. The first-order chi connectivity index (χ1) is 11.1. The van der Waals surface area contributed by atoms with Crippen LogP contribution in [0.3, 0.4) is 0 Å². The summed E-state index contributed by atoms with van der Waals surface area (Å²) >= 11 is 6.32. The average molecular weight is 331 g/mol. The highest BCUT2D eigenvalue weighted by molar-refractivity contribution is 6.32. The number of hydrogen-bond acceptors (Lipinski definition) is 4. The highest BCUT2D eigenvalue weighted by Gasteiger charge is 2.18. The lowest BCUT2D eigenvalue weighted by Crippen LogP contribution is -2.01. The Morgan fingerprint density at radius 1 is 1.17 bits per heavy atom. The van der Waals surface area contributed by atoms with Crippen molar-refractivity contribution in [3.05, 3.63) is 40.7 Å². The molecular weight excluding hydrogens is 312 g/mol. The molecule has 1 aromatic carbocycles. The second-order valence-corrected chi connectivity index (χ2v) is 5.87. The molecule has 2 heterocycles. The van der Waals surface area contributed by atoms with Gasteiger partial charge in [0.25, 0.3) is 5.88 Å². The number of halogens is 1. The van der Waals surface area contributed by atoms with Crippen LogP contribution in [-0.4, -0.2) is 26.6 Å². The van der Waals surface area contributed by atoms with Crippen LogP contribution in [0.25, 0.3) is 16.6 Å². The van der Waals surface area contributed by atoms with Gasteiger partial charge in [-0.25, -0.2) is 4.68 Å². The standard InChI is InChI=1S/C17H19ClN4O/c1-4-5-10-23-17-16-15(11(2)19-20-17)12(3)22(21-16)14-9-7-6-8-13(14)18/h6-9H,4-5,10H2,1-3H3. The molecule has 0 aliphatic carbocycles. The fourth-order valence-electron chi connectivity index (χ4n) is 2.57. The van der Waals surface area contributed by atoms with Gasteiger partial charge in [0.1, 0.15) is 0 Å². The normalized spacial score (nSPS) is 11.1. The third-order valence-corrected chi connectivity index (χ3v) is 4.11. The van der Waals surface area contributed by atoms with Gasteiger partial charge in [0.05, 0.1) is 34.1 Å². The molecule has 0 N–H and O–H groups in total. The number of aryl methyl sites for hydroxylation is 2. The molecule has 0 unspecified atom stereocenters. The second-order valence-electron chi connectivity index (χ2n) is 5.46. The van der Waals surface area contributed by atoms with Crippen molar-refractivity contribution in [3.63, 3.8) is 0 Å². The Labute approximate surface area is 140 Å². The molecular formula is C17H19ClN4O. The van der Waals surface area contributed by atoms with Crippen LogP contribution < -0.4 is 4.74 Å². The number of hydrogen-bond donors (Lipinski definition) is 0. The highest BCUT2D eigenvalue weighted by atomic mass is 35.5. The molecule has 0 atom stereocenters. The molecule has 0 aliphatic rings. The van der Waals surface area contributed by atoms with Gasteiger partial charge in [-0.2, -0.15) is 10.2 Å². The number of rotatable bonds is 5. The van der Waals surface area contributed by atoms with Crippen LogP contribution in [0.15, 0.2) is 24.3 Å². The lowest BCUT2D eigenvalue weighted by atomic mass is 10.2. The molecule has 5 nitrogen and oxygen atoms in total. The summed E-state index contributed by atoms with van der Waals surface area (Å²) in [5.74, 6) is 0.480. The van der Waals surface area contributed by atoms with Gasteiger partial charge in [-0.1, -0.05) is 37.1 Å². The van der Waals surface area contributed by atoms with Crippen LogP contribution in [0.4, 0.5) is 0 Å². The predicted molar refractivity (Wildman–Crippen MR) is 91.5 cm³/mol. The Kier molecular flexibility index (Phi) is 4.48. The van der Waals surface area contributed by atoms with Crippen LogP contribution in [0.1, 0.15) is 31.2 Å². The van der Waals surface area contributed by atoms with Crippen molar-refractivity contribution < 1.29 is 4.74 Å². The molecule has 0 aliphatic heterocycles. The molecule has 0 saturated carbocycles. The molecule has 3 rings (SSSR count). The van der Waals surface area contributed by atoms with E-state index < -0.39 is 0 Å². The summed E-state index contributed by atoms with van der Waals surface area (Å²) in [7, 11) is 0. The predicted octanol–water partition coefficient (Wildman–Crippen LogP) is 4.26. The molecule has 0 bridgehead atoms. The molecule has 0 radical (unpaired) electrons. The first-order valence-electron chi connectivity index (χ1n) is 7.73. The van der Waals surface area contributed by atoms with Crippen LogP contribution in [0.2, 0.25) is 5.02 Å². The number of nitrogens with zero attached hydrogens (tertiary/aromatic N) is 4. The molecule has 23 heavy (non-hydrogen) atoms. The molecule has 3 aromatic rings. The molecule has 2 aromatic heterocycles. The number of fused-ring (bicyclic) bond motifs is 1. The topological polar surface area (TPSA) is 52.8 Å². The first kappa shape index (κ1) is 15.7. The zero-order chi connectivity index (χ0) is 16.4. The summed E-state index contributed by atoms with van der Waals surface area (Å²) in [6, 6.07) is 7.63. The number of aromatic nitrogens is 4. The number of unbranched alkanes of at least 4 members (excludes halogenated alkanes) is 1. The van der Waals surface area contributed by atoms with Gasteiger partial charge >= 0.3 is 0 Å². The quantitative estimate of drug-likeness (QED) is 0.656. The van der Waals surface area contributed by atoms with E-state index in [9.17, 15) is 0 Å². The molecule has 0 spiro atoms. The van der Waals surface area contributed by atoms with E-state index in [1.807, 2.05) is 42.8 Å². The van der Waals surface area contributed by atoms with E-state index in [1.54, 1.807) is 0 Å². The maximum absolute atomic E-state index is 6.32. The van der Waals surface area contributed by atoms with E-state index in [1.165, 1.54) is 0 Å². The van der Waals surface area contributed by atoms with Crippen molar-refractivity contribution in [1.29, 1.82) is 0 Å². The summed E-state index contributed by atoms with van der Waals surface area (Å²) < 4.78 is 7.60. The van der Waals surface area contributed by atoms with Gasteiger partial charge in [0.15, 0.2) is 5.52 Å². The van der Waals surface area contributed by atoms with Gasteiger partial charge in [-0.15, -0.1) is 5.10 Å². The second kappa shape index (κ2) is 6.54. The van der Waals surface area contributed by atoms with E-state index in [-0.39, 0.29) is 0 Å². The Morgan fingerprint density at radius 3 is 2.70 bits per heavy atom. The van der Waals surface area contributed by atoms with Crippen molar-refractivity contribution in [2.45, 2.75) is 33.6 Å². The van der Waals surface area contributed by atoms with E-state index in [4.69, 9.17) is 16.3 Å². The van der Waals surface area contributed by atoms with Crippen LogP contribution in [0, 0.1) is 13.8 Å². The summed E-state index contributed by atoms with van der Waals surface area (Å²) in [6.45, 7) is 6.66. The van der Waals surface area contributed by atoms with Gasteiger partial charge in [-0.05, 0) is 32.4 Å².